The van der Waals surface area contributed by atoms with E-state index < -0.39 is 5.97 Å². The minimum Gasteiger partial charge on any atom is -0.497 e. The zero-order valence-corrected chi connectivity index (χ0v) is 25.0. The predicted octanol–water partition coefficient (Wildman–Crippen LogP) is 6.91. The lowest BCUT2D eigenvalue weighted by Gasteiger charge is -2.29. The van der Waals surface area contributed by atoms with Crippen molar-refractivity contribution in [3.05, 3.63) is 77.1 Å². The van der Waals surface area contributed by atoms with Crippen molar-refractivity contribution in [1.29, 1.82) is 0 Å². The maximum atomic E-state index is 12.6. The van der Waals surface area contributed by atoms with Crippen LogP contribution in [0.3, 0.4) is 0 Å². The normalized spacial score (nSPS) is 16.9. The molecule has 2 aromatic carbocycles. The van der Waals surface area contributed by atoms with Crippen LogP contribution in [0.1, 0.15) is 98.4 Å². The lowest BCUT2D eigenvalue weighted by Crippen LogP contribution is -2.25. The molecule has 5 rings (SSSR count). The first kappa shape index (κ1) is 29.4. The van der Waals surface area contributed by atoms with E-state index in [4.69, 9.17) is 14.2 Å². The van der Waals surface area contributed by atoms with E-state index in [1.165, 1.54) is 11.3 Å². The van der Waals surface area contributed by atoms with Crippen LogP contribution in [-0.4, -0.2) is 51.0 Å². The molecule has 42 heavy (non-hydrogen) atoms. The molecule has 1 N–H and O–H groups in total. The molecule has 0 spiro atoms. The maximum Gasteiger partial charge on any atom is 0.364 e. The van der Waals surface area contributed by atoms with Gasteiger partial charge >= 0.3 is 5.97 Å². The molecule has 0 atom stereocenters. The summed E-state index contributed by atoms with van der Waals surface area (Å²) in [6.07, 6.45) is 5.93. The number of benzene rings is 2. The van der Waals surface area contributed by atoms with Crippen molar-refractivity contribution < 1.29 is 19.0 Å². The van der Waals surface area contributed by atoms with Crippen LogP contribution < -0.4 is 9.47 Å². The van der Waals surface area contributed by atoms with Crippen molar-refractivity contribution in [1.82, 2.24) is 25.2 Å². The van der Waals surface area contributed by atoms with Gasteiger partial charge < -0.3 is 14.2 Å². The average Bonchev–Trinajstić information content (AvgIpc) is 3.67. The second kappa shape index (κ2) is 13.7. The summed E-state index contributed by atoms with van der Waals surface area (Å²) in [6.45, 7) is 6.89. The van der Waals surface area contributed by atoms with Crippen molar-refractivity contribution in [2.45, 2.75) is 83.8 Å². The van der Waals surface area contributed by atoms with Crippen molar-refractivity contribution in [2.24, 2.45) is 0 Å². The topological polar surface area (TPSA) is 104 Å². The van der Waals surface area contributed by atoms with Crippen LogP contribution in [0.25, 0.3) is 11.3 Å². The van der Waals surface area contributed by atoms with Crippen molar-refractivity contribution in [3.8, 4) is 22.9 Å². The Morgan fingerprint density at radius 1 is 1.00 bits per heavy atom. The molecule has 0 amide bonds. The lowest BCUT2D eigenvalue weighted by atomic mass is 9.82. The third kappa shape index (κ3) is 6.66. The number of H-pyrrole nitrogens is 1. The van der Waals surface area contributed by atoms with Crippen molar-refractivity contribution in [2.75, 3.05) is 13.7 Å². The van der Waals surface area contributed by atoms with Crippen molar-refractivity contribution >= 4 is 5.97 Å². The van der Waals surface area contributed by atoms with Gasteiger partial charge in [0.1, 0.15) is 11.9 Å². The molecular weight excluding hydrogens is 530 g/mol. The van der Waals surface area contributed by atoms with Gasteiger partial charge in [-0.15, -0.1) is 5.10 Å². The molecule has 1 aliphatic rings. The molecular formula is C33H41N5O4. The van der Waals surface area contributed by atoms with E-state index in [1.807, 2.05) is 24.3 Å². The Kier molecular flexibility index (Phi) is 9.56. The first-order valence-corrected chi connectivity index (χ1v) is 15.1. The molecule has 2 aromatic heterocycles. The lowest BCUT2D eigenvalue weighted by molar-refractivity contribution is 0.0507. The summed E-state index contributed by atoms with van der Waals surface area (Å²) in [5.74, 6) is 1.60. The van der Waals surface area contributed by atoms with Gasteiger partial charge in [0.05, 0.1) is 26.0 Å². The molecule has 222 valence electrons. The summed E-state index contributed by atoms with van der Waals surface area (Å²) in [4.78, 5) is 12.6. The fourth-order valence-electron chi connectivity index (χ4n) is 5.78. The van der Waals surface area contributed by atoms with Gasteiger partial charge in [-0.3, -0.25) is 5.10 Å². The molecule has 9 nitrogen and oxygen atoms in total. The minimum absolute atomic E-state index is 0.0330. The molecule has 0 bridgehead atoms. The first-order chi connectivity index (χ1) is 20.5. The summed E-state index contributed by atoms with van der Waals surface area (Å²) in [5, 5.41) is 16.2. The number of esters is 1. The molecule has 1 fully saturated rings. The Hall–Kier alpha value is -4.14. The maximum absolute atomic E-state index is 12.6. The van der Waals surface area contributed by atoms with Gasteiger partial charge in [-0.1, -0.05) is 55.5 Å². The summed E-state index contributed by atoms with van der Waals surface area (Å²) in [7, 11) is 1.64. The Balaban J connectivity index is 1.23. The van der Waals surface area contributed by atoms with Crippen LogP contribution in [0.2, 0.25) is 0 Å². The van der Waals surface area contributed by atoms with Crippen LogP contribution in [0, 0.1) is 0 Å². The van der Waals surface area contributed by atoms with E-state index in [-0.39, 0.29) is 18.4 Å². The Morgan fingerprint density at radius 2 is 1.71 bits per heavy atom. The second-order valence-corrected chi connectivity index (χ2v) is 10.9. The number of rotatable bonds is 12. The third-order valence-electron chi connectivity index (χ3n) is 8.30. The smallest absolute Gasteiger partial charge is 0.364 e. The van der Waals surface area contributed by atoms with Crippen LogP contribution in [0.5, 0.6) is 11.6 Å². The van der Waals surface area contributed by atoms with Crippen LogP contribution in [0.15, 0.2) is 54.6 Å². The van der Waals surface area contributed by atoms with E-state index in [9.17, 15) is 4.79 Å². The number of methoxy groups -OCH3 is 1. The molecule has 1 aliphatic carbocycles. The Morgan fingerprint density at radius 3 is 2.36 bits per heavy atom. The van der Waals surface area contributed by atoms with E-state index in [0.717, 1.165) is 61.1 Å². The van der Waals surface area contributed by atoms with E-state index in [2.05, 4.69) is 64.7 Å². The monoisotopic (exact) mass is 571 g/mol. The number of ether oxygens (including phenoxy) is 3. The van der Waals surface area contributed by atoms with Crippen LogP contribution in [-0.2, 0) is 11.3 Å². The summed E-state index contributed by atoms with van der Waals surface area (Å²) >= 11 is 0. The zero-order chi connectivity index (χ0) is 29.5. The van der Waals surface area contributed by atoms with E-state index >= 15 is 0 Å². The molecule has 1 saturated carbocycles. The molecule has 0 unspecified atom stereocenters. The van der Waals surface area contributed by atoms with Gasteiger partial charge in [0, 0.05) is 17.2 Å². The largest absolute Gasteiger partial charge is 0.497 e. The van der Waals surface area contributed by atoms with Crippen molar-refractivity contribution in [3.63, 3.8) is 0 Å². The van der Waals surface area contributed by atoms with Gasteiger partial charge in [0.15, 0.2) is 0 Å². The second-order valence-electron chi connectivity index (χ2n) is 10.9. The number of hydrogen-bond acceptors (Lipinski definition) is 7. The molecule has 0 aliphatic heterocycles. The van der Waals surface area contributed by atoms with E-state index in [0.29, 0.717) is 24.3 Å². The number of carbonyl (C=O) groups is 1. The summed E-state index contributed by atoms with van der Waals surface area (Å²) in [6, 6.07) is 18.7. The number of nitrogens with one attached hydrogen (secondary N) is 1. The highest BCUT2D eigenvalue weighted by atomic mass is 16.5. The predicted molar refractivity (Wildman–Crippen MR) is 161 cm³/mol. The Bertz CT molecular complexity index is 1430. The van der Waals surface area contributed by atoms with Gasteiger partial charge in [-0.25, -0.2) is 9.48 Å². The summed E-state index contributed by atoms with van der Waals surface area (Å²) in [5.41, 5.74) is 5.80. The average molecular weight is 572 g/mol. The Labute approximate surface area is 247 Å². The number of nitrogens with zero attached hydrogens (tertiary/aromatic N) is 4. The highest BCUT2D eigenvalue weighted by Crippen LogP contribution is 2.36. The highest BCUT2D eigenvalue weighted by Gasteiger charge is 2.29. The summed E-state index contributed by atoms with van der Waals surface area (Å²) < 4.78 is 18.6. The molecule has 0 saturated heterocycles. The molecule has 9 heteroatoms. The van der Waals surface area contributed by atoms with Gasteiger partial charge in [-0.2, -0.15) is 5.10 Å². The van der Waals surface area contributed by atoms with Gasteiger partial charge in [-0.05, 0) is 80.7 Å². The fourth-order valence-corrected chi connectivity index (χ4v) is 5.78. The molecule has 2 heterocycles. The third-order valence-corrected chi connectivity index (χ3v) is 8.30. The zero-order valence-electron chi connectivity index (χ0n) is 25.0. The first-order valence-electron chi connectivity index (χ1n) is 15.1. The van der Waals surface area contributed by atoms with Crippen LogP contribution >= 0.6 is 0 Å². The number of hydrogen-bond donors (Lipinski definition) is 1. The fraction of sp³-hybridized carbons (Fsp3) is 0.455. The standard InChI is InChI=1S/C33H41N5O4/c1-5-23(6-2)29-20-30(35-34-29)26-12-10-24(11-13-26)25-14-18-28(19-15-25)42-32-31(33(39)41-7-3)36-37-38(32)21-22-8-16-27(40-4)17-9-22/h8-13,16-17,20,23,25,28H,5-7,14-15,18-19,21H2,1-4H3,(H,34,35). The minimum atomic E-state index is -0.522. The SMILES string of the molecule is CCOC(=O)c1nnn(Cc2ccc(OC)cc2)c1OC1CCC(c2ccc(-c3cc(C(CC)CC)[nH]n3)cc2)CC1. The number of aromatic amines is 1. The molecule has 0 radical (unpaired) electrons. The van der Waals surface area contributed by atoms with E-state index in [1.54, 1.807) is 18.7 Å². The van der Waals surface area contributed by atoms with Gasteiger partial charge in [0.25, 0.3) is 0 Å². The van der Waals surface area contributed by atoms with Crippen LogP contribution in [0.4, 0.5) is 0 Å². The highest BCUT2D eigenvalue weighted by molar-refractivity contribution is 5.89. The number of carbonyl (C=O) groups excluding carboxylic acids is 1. The van der Waals surface area contributed by atoms with Gasteiger partial charge in [0.2, 0.25) is 11.6 Å². The number of aromatic nitrogens is 5. The quantitative estimate of drug-likeness (QED) is 0.184. The molecule has 4 aromatic rings.